The van der Waals surface area contributed by atoms with Crippen LogP contribution in [-0.4, -0.2) is 23.1 Å². The van der Waals surface area contributed by atoms with Crippen molar-refractivity contribution in [3.8, 4) is 0 Å². The Morgan fingerprint density at radius 1 is 0.500 bits per heavy atom. The summed E-state index contributed by atoms with van der Waals surface area (Å²) < 4.78 is 5.92. The number of hydrogen-bond acceptors (Lipinski definition) is 3. The number of aliphatic carboxylic acids is 1. The van der Waals surface area contributed by atoms with Gasteiger partial charge in [0.2, 0.25) is 0 Å². The summed E-state index contributed by atoms with van der Waals surface area (Å²) in [5.74, 6) is -0.672. The first-order chi connectivity index (χ1) is 17.6. The highest BCUT2D eigenvalue weighted by molar-refractivity contribution is 5.69. The molecule has 1 N–H and O–H groups in total. The molecule has 0 aromatic carbocycles. The van der Waals surface area contributed by atoms with Crippen molar-refractivity contribution in [1.82, 2.24) is 0 Å². The van der Waals surface area contributed by atoms with Gasteiger partial charge in [0.15, 0.2) is 0 Å². The summed E-state index contributed by atoms with van der Waals surface area (Å²) >= 11 is 0. The number of esters is 1. The molecule has 0 heterocycles. The Bertz CT molecular complexity index is 477. The Morgan fingerprint density at radius 2 is 0.833 bits per heavy atom. The van der Waals surface area contributed by atoms with Crippen molar-refractivity contribution in [2.45, 2.75) is 193 Å². The second-order valence-electron chi connectivity index (χ2n) is 11.0. The van der Waals surface area contributed by atoms with Gasteiger partial charge in [-0.1, -0.05) is 136 Å². The predicted octanol–water partition coefficient (Wildman–Crippen LogP) is 10.6. The molecule has 0 aliphatic heterocycles. The maximum Gasteiger partial charge on any atom is 0.306 e. The highest BCUT2D eigenvalue weighted by Gasteiger charge is 2.14. The van der Waals surface area contributed by atoms with E-state index in [1.54, 1.807) is 0 Å². The molecule has 0 saturated carbocycles. The van der Waals surface area contributed by atoms with E-state index >= 15 is 0 Å². The van der Waals surface area contributed by atoms with E-state index in [0.717, 1.165) is 57.8 Å². The highest BCUT2D eigenvalue weighted by atomic mass is 16.5. The third kappa shape index (κ3) is 27.5. The first kappa shape index (κ1) is 34.9. The minimum absolute atomic E-state index is 0.0148. The third-order valence-corrected chi connectivity index (χ3v) is 7.33. The Kier molecular flexibility index (Phi) is 27.7. The van der Waals surface area contributed by atoms with E-state index in [2.05, 4.69) is 13.8 Å². The van der Waals surface area contributed by atoms with Gasteiger partial charge in [0.1, 0.15) is 6.10 Å². The van der Waals surface area contributed by atoms with Crippen molar-refractivity contribution in [3.63, 3.8) is 0 Å². The van der Waals surface area contributed by atoms with Crippen molar-refractivity contribution in [2.24, 2.45) is 0 Å². The van der Waals surface area contributed by atoms with Crippen LogP contribution in [0.2, 0.25) is 0 Å². The van der Waals surface area contributed by atoms with Gasteiger partial charge < -0.3 is 9.84 Å². The molecule has 1 atom stereocenters. The molecule has 0 radical (unpaired) electrons. The van der Waals surface area contributed by atoms with Gasteiger partial charge in [0.05, 0.1) is 0 Å². The van der Waals surface area contributed by atoms with Crippen LogP contribution in [0, 0.1) is 0 Å². The third-order valence-electron chi connectivity index (χ3n) is 7.33. The lowest BCUT2D eigenvalue weighted by atomic mass is 10.0. The molecule has 1 unspecified atom stereocenters. The number of unbranched alkanes of at least 4 members (excludes halogenated alkanes) is 20. The van der Waals surface area contributed by atoms with Crippen LogP contribution in [0.4, 0.5) is 0 Å². The zero-order valence-electron chi connectivity index (χ0n) is 24.3. The monoisotopic (exact) mass is 510 g/mol. The molecule has 0 aliphatic carbocycles. The number of carboxylic acids is 1. The summed E-state index contributed by atoms with van der Waals surface area (Å²) in [5, 5.41) is 8.69. The average Bonchev–Trinajstić information content (AvgIpc) is 2.85. The lowest BCUT2D eigenvalue weighted by Crippen LogP contribution is -2.18. The Balaban J connectivity index is 3.84. The van der Waals surface area contributed by atoms with E-state index in [1.165, 1.54) is 103 Å². The molecule has 4 heteroatoms. The van der Waals surface area contributed by atoms with E-state index in [-0.39, 0.29) is 12.1 Å². The van der Waals surface area contributed by atoms with Crippen LogP contribution >= 0.6 is 0 Å². The molecule has 0 bridgehead atoms. The minimum atomic E-state index is -0.687. The molecule has 36 heavy (non-hydrogen) atoms. The Labute approximate surface area is 224 Å². The first-order valence-corrected chi connectivity index (χ1v) is 16.0. The van der Waals surface area contributed by atoms with Crippen LogP contribution in [0.5, 0.6) is 0 Å². The van der Waals surface area contributed by atoms with E-state index in [9.17, 15) is 9.59 Å². The number of ether oxygens (including phenoxy) is 1. The Hall–Kier alpha value is -1.06. The predicted molar refractivity (Wildman–Crippen MR) is 154 cm³/mol. The fraction of sp³-hybridized carbons (Fsp3) is 0.938. The second-order valence-corrected chi connectivity index (χ2v) is 11.0. The van der Waals surface area contributed by atoms with Crippen molar-refractivity contribution < 1.29 is 19.4 Å². The standard InChI is InChI=1S/C32H62O4/c1-3-5-7-9-10-11-12-13-14-18-21-25-29-32(35)36-30(26-22-8-6-4-2)27-23-19-16-15-17-20-24-28-31(33)34/h30H,3-29H2,1-2H3,(H,33,34). The van der Waals surface area contributed by atoms with Crippen molar-refractivity contribution in [2.75, 3.05) is 0 Å². The smallest absolute Gasteiger partial charge is 0.306 e. The summed E-state index contributed by atoms with van der Waals surface area (Å²) in [5.41, 5.74) is 0. The maximum atomic E-state index is 12.4. The van der Waals surface area contributed by atoms with Crippen LogP contribution in [0.1, 0.15) is 187 Å². The molecule has 0 saturated heterocycles. The van der Waals surface area contributed by atoms with E-state index in [4.69, 9.17) is 9.84 Å². The lowest BCUT2D eigenvalue weighted by Gasteiger charge is -2.18. The van der Waals surface area contributed by atoms with E-state index in [0.29, 0.717) is 12.8 Å². The molecule has 0 fully saturated rings. The maximum absolute atomic E-state index is 12.4. The fourth-order valence-corrected chi connectivity index (χ4v) is 4.95. The van der Waals surface area contributed by atoms with Crippen LogP contribution in [0.15, 0.2) is 0 Å². The summed E-state index contributed by atoms with van der Waals surface area (Å²) in [7, 11) is 0. The van der Waals surface area contributed by atoms with Gasteiger partial charge in [0.25, 0.3) is 0 Å². The van der Waals surface area contributed by atoms with Crippen molar-refractivity contribution in [3.05, 3.63) is 0 Å². The molecule has 4 nitrogen and oxygen atoms in total. The largest absolute Gasteiger partial charge is 0.481 e. The van der Waals surface area contributed by atoms with Gasteiger partial charge >= 0.3 is 11.9 Å². The zero-order chi connectivity index (χ0) is 26.5. The SMILES string of the molecule is CCCCCCCCCCCCCCC(=O)OC(CCCCCC)CCCCCCCCCC(=O)O. The normalized spacial score (nSPS) is 12.1. The van der Waals surface area contributed by atoms with Gasteiger partial charge in [0, 0.05) is 12.8 Å². The number of hydrogen-bond donors (Lipinski definition) is 1. The van der Waals surface area contributed by atoms with Crippen molar-refractivity contribution in [1.29, 1.82) is 0 Å². The molecule has 0 spiro atoms. The van der Waals surface area contributed by atoms with Gasteiger partial charge in [-0.15, -0.1) is 0 Å². The topological polar surface area (TPSA) is 63.6 Å². The van der Waals surface area contributed by atoms with Gasteiger partial charge in [-0.3, -0.25) is 9.59 Å². The highest BCUT2D eigenvalue weighted by Crippen LogP contribution is 2.18. The van der Waals surface area contributed by atoms with Crippen molar-refractivity contribution >= 4 is 11.9 Å². The van der Waals surface area contributed by atoms with Gasteiger partial charge in [-0.25, -0.2) is 0 Å². The van der Waals surface area contributed by atoms with Gasteiger partial charge in [-0.2, -0.15) is 0 Å². The first-order valence-electron chi connectivity index (χ1n) is 16.0. The molecule has 0 aromatic heterocycles. The molecule has 0 amide bonds. The molecule has 214 valence electrons. The molecular weight excluding hydrogens is 448 g/mol. The molecule has 0 aliphatic rings. The quantitative estimate of drug-likeness (QED) is 0.0802. The number of carbonyl (C=O) groups is 2. The Morgan fingerprint density at radius 3 is 1.25 bits per heavy atom. The molecule has 0 rings (SSSR count). The number of carboxylic acid groups (broad SMARTS) is 1. The van der Waals surface area contributed by atoms with E-state index in [1.807, 2.05) is 0 Å². The van der Waals surface area contributed by atoms with Crippen LogP contribution in [0.3, 0.4) is 0 Å². The fourth-order valence-electron chi connectivity index (χ4n) is 4.95. The van der Waals surface area contributed by atoms with Crippen LogP contribution in [0.25, 0.3) is 0 Å². The number of carbonyl (C=O) groups excluding carboxylic acids is 1. The molecular formula is C32H62O4. The van der Waals surface area contributed by atoms with Crippen LogP contribution in [-0.2, 0) is 14.3 Å². The second kappa shape index (κ2) is 28.5. The minimum Gasteiger partial charge on any atom is -0.481 e. The van der Waals surface area contributed by atoms with E-state index < -0.39 is 5.97 Å². The lowest BCUT2D eigenvalue weighted by molar-refractivity contribution is -0.150. The van der Waals surface area contributed by atoms with Crippen LogP contribution < -0.4 is 0 Å². The summed E-state index contributed by atoms with van der Waals surface area (Å²) in [6.07, 6.45) is 31.2. The number of rotatable bonds is 29. The summed E-state index contributed by atoms with van der Waals surface area (Å²) in [4.78, 5) is 23.0. The summed E-state index contributed by atoms with van der Waals surface area (Å²) in [6, 6.07) is 0. The zero-order valence-corrected chi connectivity index (χ0v) is 24.3. The molecule has 0 aromatic rings. The average molecular weight is 511 g/mol. The van der Waals surface area contributed by atoms with Gasteiger partial charge in [-0.05, 0) is 38.5 Å². The summed E-state index contributed by atoms with van der Waals surface area (Å²) in [6.45, 7) is 4.50.